The number of para-hydroxylation sites is 1. The maximum atomic E-state index is 11.1. The lowest BCUT2D eigenvalue weighted by Crippen LogP contribution is -2.06. The highest BCUT2D eigenvalue weighted by atomic mass is 127. The fraction of sp³-hybridized carbons (Fsp3) is 0.167. The van der Waals surface area contributed by atoms with Crippen LogP contribution in [-0.4, -0.2) is 22.0 Å². The highest BCUT2D eigenvalue weighted by molar-refractivity contribution is 14.1. The van der Waals surface area contributed by atoms with Gasteiger partial charge in [0.05, 0.1) is 26.4 Å². The Hall–Kier alpha value is -1.81. The number of nitrogens with two attached hydrogens (primary N) is 1. The lowest BCUT2D eigenvalue weighted by Gasteiger charge is -2.08. The maximum Gasteiger partial charge on any atom is 0.280 e. The molecule has 0 radical (unpaired) electrons. The fourth-order valence-corrected chi connectivity index (χ4v) is 2.08. The molecule has 1 aromatic carbocycles. The number of anilines is 1. The molecule has 0 aliphatic heterocycles. The van der Waals surface area contributed by atoms with Crippen molar-refractivity contribution in [1.29, 1.82) is 0 Å². The minimum atomic E-state index is -0.469. The summed E-state index contributed by atoms with van der Waals surface area (Å²) in [6.07, 6.45) is 0. The van der Waals surface area contributed by atoms with E-state index in [0.29, 0.717) is 14.8 Å². The van der Waals surface area contributed by atoms with E-state index in [1.54, 1.807) is 25.3 Å². The van der Waals surface area contributed by atoms with E-state index in [1.165, 1.54) is 6.07 Å². The zero-order valence-electron chi connectivity index (χ0n) is 10.5. The average Bonchev–Trinajstić information content (AvgIpc) is 2.43. The Balaban J connectivity index is 2.61. The molecule has 0 saturated heterocycles. The molecule has 0 atom stereocenters. The molecule has 1 aromatic heterocycles. The minimum absolute atomic E-state index is 0.0588. The third-order valence-corrected chi connectivity index (χ3v) is 3.74. The molecule has 0 aliphatic rings. The molecular formula is C12H11IN4O3. The van der Waals surface area contributed by atoms with Crippen molar-refractivity contribution in [3.8, 4) is 11.4 Å². The van der Waals surface area contributed by atoms with E-state index in [2.05, 4.69) is 9.97 Å². The highest BCUT2D eigenvalue weighted by Crippen LogP contribution is 2.29. The molecule has 20 heavy (non-hydrogen) atoms. The first-order valence-corrected chi connectivity index (χ1v) is 6.67. The molecule has 2 N–H and O–H groups in total. The van der Waals surface area contributed by atoms with Gasteiger partial charge in [-0.1, -0.05) is 12.1 Å². The SMILES string of the molecule is COCc1nc(-c2ccccc2[N+](=O)[O-])nc(N)c1I. The number of aromatic nitrogens is 2. The van der Waals surface area contributed by atoms with E-state index in [1.807, 2.05) is 22.6 Å². The van der Waals surface area contributed by atoms with E-state index in [-0.39, 0.29) is 23.9 Å². The van der Waals surface area contributed by atoms with Crippen molar-refractivity contribution in [1.82, 2.24) is 9.97 Å². The summed E-state index contributed by atoms with van der Waals surface area (Å²) >= 11 is 2.02. The first kappa shape index (κ1) is 14.6. The summed E-state index contributed by atoms with van der Waals surface area (Å²) in [5, 5.41) is 11.1. The Morgan fingerprint density at radius 3 is 2.75 bits per heavy atom. The van der Waals surface area contributed by atoms with Crippen LogP contribution in [0.5, 0.6) is 0 Å². The van der Waals surface area contributed by atoms with Crippen molar-refractivity contribution in [3.63, 3.8) is 0 Å². The van der Waals surface area contributed by atoms with Gasteiger partial charge in [0.15, 0.2) is 5.82 Å². The summed E-state index contributed by atoms with van der Waals surface area (Å²) in [4.78, 5) is 19.0. The van der Waals surface area contributed by atoms with Gasteiger partial charge in [0, 0.05) is 13.2 Å². The molecule has 0 spiro atoms. The Labute approximate surface area is 128 Å². The minimum Gasteiger partial charge on any atom is -0.383 e. The van der Waals surface area contributed by atoms with Gasteiger partial charge in [-0.15, -0.1) is 0 Å². The Morgan fingerprint density at radius 2 is 2.10 bits per heavy atom. The summed E-state index contributed by atoms with van der Waals surface area (Å²) in [7, 11) is 1.54. The van der Waals surface area contributed by atoms with Crippen LogP contribution < -0.4 is 5.73 Å². The van der Waals surface area contributed by atoms with E-state index in [4.69, 9.17) is 10.5 Å². The normalized spacial score (nSPS) is 10.5. The van der Waals surface area contributed by atoms with Crippen LogP contribution in [0.25, 0.3) is 11.4 Å². The van der Waals surface area contributed by atoms with E-state index < -0.39 is 4.92 Å². The van der Waals surface area contributed by atoms with Gasteiger partial charge in [-0.25, -0.2) is 9.97 Å². The number of benzene rings is 1. The lowest BCUT2D eigenvalue weighted by atomic mass is 10.1. The topological polar surface area (TPSA) is 104 Å². The number of hydrogen-bond acceptors (Lipinski definition) is 6. The molecule has 2 aromatic rings. The monoisotopic (exact) mass is 386 g/mol. The number of halogens is 1. The largest absolute Gasteiger partial charge is 0.383 e. The van der Waals surface area contributed by atoms with Crippen molar-refractivity contribution < 1.29 is 9.66 Å². The standard InChI is InChI=1S/C12H11IN4O3/c1-20-6-8-10(13)11(14)16-12(15-8)7-4-2-3-5-9(7)17(18)19/h2-5H,6H2,1H3,(H2,14,15,16). The third kappa shape index (κ3) is 2.85. The molecule has 0 unspecified atom stereocenters. The maximum absolute atomic E-state index is 11.1. The molecule has 2 rings (SSSR count). The quantitative estimate of drug-likeness (QED) is 0.492. The Bertz CT molecular complexity index is 663. The average molecular weight is 386 g/mol. The van der Waals surface area contributed by atoms with Crippen molar-refractivity contribution in [2.75, 3.05) is 12.8 Å². The van der Waals surface area contributed by atoms with Gasteiger partial charge in [0.1, 0.15) is 5.82 Å². The van der Waals surface area contributed by atoms with E-state index in [0.717, 1.165) is 0 Å². The van der Waals surface area contributed by atoms with Gasteiger partial charge in [0.2, 0.25) is 0 Å². The summed E-state index contributed by atoms with van der Waals surface area (Å²) in [5.41, 5.74) is 6.71. The van der Waals surface area contributed by atoms with Crippen molar-refractivity contribution in [2.45, 2.75) is 6.61 Å². The third-order valence-electron chi connectivity index (χ3n) is 2.57. The van der Waals surface area contributed by atoms with Crippen molar-refractivity contribution in [2.24, 2.45) is 0 Å². The number of nitro groups is 1. The van der Waals surface area contributed by atoms with Gasteiger partial charge in [-0.2, -0.15) is 0 Å². The van der Waals surface area contributed by atoms with Crippen LogP contribution in [0.3, 0.4) is 0 Å². The molecule has 1 heterocycles. The van der Waals surface area contributed by atoms with E-state index in [9.17, 15) is 10.1 Å². The second-order valence-corrected chi connectivity index (χ2v) is 4.98. The summed E-state index contributed by atoms with van der Waals surface area (Å²) < 4.78 is 5.73. The Kier molecular flexibility index (Phi) is 4.45. The van der Waals surface area contributed by atoms with Crippen molar-refractivity contribution in [3.05, 3.63) is 43.6 Å². The molecular weight excluding hydrogens is 375 g/mol. The molecule has 0 saturated carbocycles. The molecule has 8 heteroatoms. The van der Waals surface area contributed by atoms with Gasteiger partial charge in [0.25, 0.3) is 5.69 Å². The predicted molar refractivity (Wildman–Crippen MR) is 82.0 cm³/mol. The Morgan fingerprint density at radius 1 is 1.40 bits per heavy atom. The second-order valence-electron chi connectivity index (χ2n) is 3.90. The zero-order chi connectivity index (χ0) is 14.7. The van der Waals surface area contributed by atoms with Crippen LogP contribution in [-0.2, 0) is 11.3 Å². The first-order chi connectivity index (χ1) is 9.54. The number of nitrogens with zero attached hydrogens (tertiary/aromatic N) is 3. The predicted octanol–water partition coefficient (Wildman–Crippen LogP) is 2.39. The van der Waals surface area contributed by atoms with Crippen LogP contribution in [0, 0.1) is 13.7 Å². The highest BCUT2D eigenvalue weighted by Gasteiger charge is 2.19. The van der Waals surface area contributed by atoms with E-state index >= 15 is 0 Å². The molecule has 0 amide bonds. The number of methoxy groups -OCH3 is 1. The summed E-state index contributed by atoms with van der Waals surface area (Å²) in [6, 6.07) is 6.28. The van der Waals surface area contributed by atoms with Crippen LogP contribution in [0.1, 0.15) is 5.69 Å². The molecule has 7 nitrogen and oxygen atoms in total. The molecule has 0 aliphatic carbocycles. The number of rotatable bonds is 4. The van der Waals surface area contributed by atoms with Crippen LogP contribution >= 0.6 is 22.6 Å². The van der Waals surface area contributed by atoms with Gasteiger partial charge < -0.3 is 10.5 Å². The van der Waals surface area contributed by atoms with Gasteiger partial charge >= 0.3 is 0 Å². The van der Waals surface area contributed by atoms with Gasteiger partial charge in [-0.3, -0.25) is 10.1 Å². The molecule has 104 valence electrons. The summed E-state index contributed by atoms with van der Waals surface area (Å²) in [5.74, 6) is 0.503. The van der Waals surface area contributed by atoms with Crippen LogP contribution in [0.15, 0.2) is 24.3 Å². The first-order valence-electron chi connectivity index (χ1n) is 5.59. The number of nitro benzene ring substituents is 1. The zero-order valence-corrected chi connectivity index (χ0v) is 12.7. The molecule has 0 fully saturated rings. The lowest BCUT2D eigenvalue weighted by molar-refractivity contribution is -0.384. The number of hydrogen-bond donors (Lipinski definition) is 1. The van der Waals surface area contributed by atoms with Crippen LogP contribution in [0.2, 0.25) is 0 Å². The smallest absolute Gasteiger partial charge is 0.280 e. The second kappa shape index (κ2) is 6.09. The van der Waals surface area contributed by atoms with Gasteiger partial charge in [-0.05, 0) is 28.7 Å². The van der Waals surface area contributed by atoms with Crippen molar-refractivity contribution >= 4 is 34.1 Å². The van der Waals surface area contributed by atoms with Crippen LogP contribution in [0.4, 0.5) is 11.5 Å². The summed E-state index contributed by atoms with van der Waals surface area (Å²) in [6.45, 7) is 0.263. The number of ether oxygens (including phenoxy) is 1. The number of nitrogen functional groups attached to an aromatic ring is 1. The fourth-order valence-electron chi connectivity index (χ4n) is 1.69. The molecule has 0 bridgehead atoms.